The van der Waals surface area contributed by atoms with Crippen LogP contribution in [0.1, 0.15) is 46.5 Å². The summed E-state index contributed by atoms with van der Waals surface area (Å²) < 4.78 is 38.7. The fourth-order valence-corrected chi connectivity index (χ4v) is 11.7. The Morgan fingerprint density at radius 3 is 2.53 bits per heavy atom. The number of hydrogen-bond donors (Lipinski definition) is 1. The van der Waals surface area contributed by atoms with Gasteiger partial charge in [0.15, 0.2) is 5.60 Å². The standard InChI is InChI=1S/C27H41NO8/c1-7-28-12-23(3)9-8-17(32-5)26-20(23)21(36-14(2)29)27(22(26)28)25(34-13-35-27)11-16(31-4)15-10-24(26,30)19(25)18(15)33-6/h15-22,30H,7-13H2,1-6H3/t15-,16+,17+,18+,19?,20?,21+,22+,23+,24+,25-,26-,27-/m1/s1. The van der Waals surface area contributed by atoms with Gasteiger partial charge in [-0.25, -0.2) is 0 Å². The van der Waals surface area contributed by atoms with Crippen molar-refractivity contribution in [2.75, 3.05) is 41.2 Å². The smallest absolute Gasteiger partial charge is 0.303 e. The first-order valence-corrected chi connectivity index (χ1v) is 13.7. The second-order valence-corrected chi connectivity index (χ2v) is 12.9. The van der Waals surface area contributed by atoms with E-state index < -0.39 is 28.3 Å². The molecule has 2 heterocycles. The summed E-state index contributed by atoms with van der Waals surface area (Å²) in [6.07, 6.45) is 1.69. The van der Waals surface area contributed by atoms with E-state index in [4.69, 9.17) is 28.4 Å². The summed E-state index contributed by atoms with van der Waals surface area (Å²) in [5.41, 5.74) is -3.94. The Balaban J connectivity index is 1.61. The molecule has 36 heavy (non-hydrogen) atoms. The molecule has 2 saturated heterocycles. The molecule has 3 spiro atoms. The zero-order valence-electron chi connectivity index (χ0n) is 22.3. The van der Waals surface area contributed by atoms with Crippen LogP contribution in [-0.2, 0) is 33.2 Å². The Labute approximate surface area is 213 Å². The van der Waals surface area contributed by atoms with Crippen LogP contribution in [0.2, 0.25) is 0 Å². The first-order valence-electron chi connectivity index (χ1n) is 13.7. The highest BCUT2D eigenvalue weighted by atomic mass is 16.7. The average molecular weight is 508 g/mol. The lowest BCUT2D eigenvalue weighted by atomic mass is 9.41. The van der Waals surface area contributed by atoms with Crippen molar-refractivity contribution in [2.24, 2.45) is 28.6 Å². The molecule has 2 aliphatic heterocycles. The van der Waals surface area contributed by atoms with Crippen molar-refractivity contribution in [1.29, 1.82) is 0 Å². The minimum atomic E-state index is -1.16. The Kier molecular flexibility index (Phi) is 4.87. The van der Waals surface area contributed by atoms with E-state index in [2.05, 4.69) is 18.7 Å². The van der Waals surface area contributed by atoms with Crippen LogP contribution in [-0.4, -0.2) is 104 Å². The van der Waals surface area contributed by atoms with E-state index in [9.17, 15) is 9.90 Å². The fourth-order valence-electron chi connectivity index (χ4n) is 11.7. The van der Waals surface area contributed by atoms with Gasteiger partial charge in [-0.3, -0.25) is 9.69 Å². The molecule has 9 nitrogen and oxygen atoms in total. The van der Waals surface area contributed by atoms with Crippen LogP contribution in [0.5, 0.6) is 0 Å². The zero-order chi connectivity index (χ0) is 25.5. The Morgan fingerprint density at radius 2 is 1.89 bits per heavy atom. The molecule has 0 radical (unpaired) electrons. The van der Waals surface area contributed by atoms with Gasteiger partial charge in [0.2, 0.25) is 0 Å². The highest BCUT2D eigenvalue weighted by Crippen LogP contribution is 2.83. The lowest BCUT2D eigenvalue weighted by Gasteiger charge is -2.71. The third-order valence-corrected chi connectivity index (χ3v) is 12.2. The summed E-state index contributed by atoms with van der Waals surface area (Å²) in [7, 11) is 5.23. The van der Waals surface area contributed by atoms with Gasteiger partial charge in [0.25, 0.3) is 0 Å². The van der Waals surface area contributed by atoms with Crippen molar-refractivity contribution in [1.82, 2.24) is 4.90 Å². The summed E-state index contributed by atoms with van der Waals surface area (Å²) in [5.74, 6) is -0.771. The molecule has 5 aliphatic carbocycles. The van der Waals surface area contributed by atoms with Gasteiger partial charge < -0.3 is 33.5 Å². The highest BCUT2D eigenvalue weighted by Gasteiger charge is 2.97. The van der Waals surface area contributed by atoms with Crippen molar-refractivity contribution in [3.63, 3.8) is 0 Å². The first kappa shape index (κ1) is 24.2. The molecule has 0 aromatic rings. The van der Waals surface area contributed by atoms with Gasteiger partial charge in [-0.05, 0) is 31.2 Å². The topological polar surface area (TPSA) is 95.9 Å². The molecule has 5 saturated carbocycles. The van der Waals surface area contributed by atoms with Crippen molar-refractivity contribution in [3.05, 3.63) is 0 Å². The number of carbonyl (C=O) groups excluding carboxylic acids is 1. The number of likely N-dealkylation sites (tertiary alicyclic amines) is 1. The minimum absolute atomic E-state index is 0.0317. The number of likely N-dealkylation sites (N-methyl/N-ethyl adjacent to an activating group) is 1. The lowest BCUT2D eigenvalue weighted by molar-refractivity contribution is -0.332. The number of methoxy groups -OCH3 is 3. The molecule has 1 N–H and O–H groups in total. The van der Waals surface area contributed by atoms with E-state index in [0.717, 1.165) is 25.9 Å². The van der Waals surface area contributed by atoms with E-state index in [1.807, 2.05) is 0 Å². The van der Waals surface area contributed by atoms with E-state index in [0.29, 0.717) is 12.8 Å². The summed E-state index contributed by atoms with van der Waals surface area (Å²) in [6, 6.07) is -0.224. The zero-order valence-corrected chi connectivity index (χ0v) is 22.3. The maximum absolute atomic E-state index is 13.4. The summed E-state index contributed by atoms with van der Waals surface area (Å²) in [4.78, 5) is 15.3. The van der Waals surface area contributed by atoms with Crippen molar-refractivity contribution >= 4 is 5.97 Å². The molecular weight excluding hydrogens is 466 g/mol. The van der Waals surface area contributed by atoms with Crippen LogP contribution in [0, 0.1) is 28.6 Å². The monoisotopic (exact) mass is 507 g/mol. The van der Waals surface area contributed by atoms with E-state index >= 15 is 0 Å². The molecule has 7 rings (SSSR count). The molecule has 0 amide bonds. The SMILES string of the molecule is CCN1C[C@]2(C)CC[C@H](OC)[C@]34C2[C@H](OC(C)=O)[C@@]2(OCO[C@@]25C[C@H](OC)[C@H]2C[C@]3(O)C5[C@H]2OC)[C@@H]14. The first-order chi connectivity index (χ1) is 17.2. The van der Waals surface area contributed by atoms with Crippen LogP contribution < -0.4 is 0 Å². The summed E-state index contributed by atoms with van der Waals surface area (Å²) in [6.45, 7) is 7.72. The average Bonchev–Trinajstić information content (AvgIpc) is 3.40. The van der Waals surface area contributed by atoms with Crippen LogP contribution >= 0.6 is 0 Å². The molecule has 0 aromatic carbocycles. The Morgan fingerprint density at radius 1 is 1.11 bits per heavy atom. The van der Waals surface area contributed by atoms with Crippen molar-refractivity contribution < 1.29 is 38.3 Å². The predicted molar refractivity (Wildman–Crippen MR) is 126 cm³/mol. The van der Waals surface area contributed by atoms with Crippen molar-refractivity contribution in [3.8, 4) is 0 Å². The Bertz CT molecular complexity index is 979. The number of nitrogens with zero attached hydrogens (tertiary/aromatic N) is 1. The van der Waals surface area contributed by atoms with Gasteiger partial charge >= 0.3 is 5.97 Å². The molecule has 9 heteroatoms. The third-order valence-electron chi connectivity index (χ3n) is 12.2. The summed E-state index contributed by atoms with van der Waals surface area (Å²) >= 11 is 0. The van der Waals surface area contributed by atoms with Crippen LogP contribution in [0.15, 0.2) is 0 Å². The normalized spacial score (nSPS) is 60.2. The number of piperidine rings is 1. The second-order valence-electron chi connectivity index (χ2n) is 12.9. The van der Waals surface area contributed by atoms with E-state index in [1.165, 1.54) is 6.92 Å². The van der Waals surface area contributed by atoms with Crippen molar-refractivity contribution in [2.45, 2.75) is 93.7 Å². The number of carbonyl (C=O) groups is 1. The maximum Gasteiger partial charge on any atom is 0.303 e. The second kappa shape index (κ2) is 7.23. The number of aliphatic hydroxyl groups is 1. The number of rotatable bonds is 5. The molecule has 0 aromatic heterocycles. The molecule has 7 fully saturated rings. The van der Waals surface area contributed by atoms with Gasteiger partial charge in [0, 0.05) is 59.0 Å². The quantitative estimate of drug-likeness (QED) is 0.553. The Hall–Kier alpha value is -0.810. The van der Waals surface area contributed by atoms with E-state index in [1.54, 1.807) is 21.3 Å². The molecule has 7 aliphatic rings. The molecule has 202 valence electrons. The van der Waals surface area contributed by atoms with Gasteiger partial charge in [-0.2, -0.15) is 0 Å². The minimum Gasteiger partial charge on any atom is -0.459 e. The largest absolute Gasteiger partial charge is 0.459 e. The predicted octanol–water partition coefficient (Wildman–Crippen LogP) is 1.35. The van der Waals surface area contributed by atoms with Gasteiger partial charge in [0.1, 0.15) is 18.5 Å². The third kappa shape index (κ3) is 2.16. The molecular formula is C27H41NO8. The molecule has 2 unspecified atom stereocenters. The number of esters is 1. The van der Waals surface area contributed by atoms with Crippen LogP contribution in [0.3, 0.4) is 0 Å². The highest BCUT2D eigenvalue weighted by molar-refractivity contribution is 5.67. The number of fused-ring (bicyclic) bond motifs is 1. The van der Waals surface area contributed by atoms with Crippen LogP contribution in [0.25, 0.3) is 0 Å². The number of ether oxygens (including phenoxy) is 6. The maximum atomic E-state index is 13.4. The summed E-state index contributed by atoms with van der Waals surface area (Å²) in [5, 5.41) is 13.4. The lowest BCUT2D eigenvalue weighted by Crippen LogP contribution is -2.85. The molecule has 7 bridgehead atoms. The fraction of sp³-hybridized carbons (Fsp3) is 0.963. The van der Waals surface area contributed by atoms with Gasteiger partial charge in [-0.15, -0.1) is 0 Å². The number of hydrogen-bond acceptors (Lipinski definition) is 9. The molecule has 13 atom stereocenters. The van der Waals surface area contributed by atoms with Gasteiger partial charge in [0.05, 0.1) is 35.4 Å². The van der Waals surface area contributed by atoms with Crippen LogP contribution in [0.4, 0.5) is 0 Å². The van der Waals surface area contributed by atoms with E-state index in [-0.39, 0.29) is 60.3 Å². The van der Waals surface area contributed by atoms with Gasteiger partial charge in [-0.1, -0.05) is 13.8 Å².